The number of nitrogens with zero attached hydrogens (tertiary/aromatic N) is 2. The first-order valence-corrected chi connectivity index (χ1v) is 8.15. The van der Waals surface area contributed by atoms with Crippen LogP contribution < -0.4 is 10.6 Å². The van der Waals surface area contributed by atoms with Crippen LogP contribution in [0.4, 0.5) is 11.6 Å². The van der Waals surface area contributed by atoms with Gasteiger partial charge in [-0.1, -0.05) is 13.8 Å². The molecule has 2 aromatic rings. The van der Waals surface area contributed by atoms with Gasteiger partial charge in [0.2, 0.25) is 5.95 Å². The van der Waals surface area contributed by atoms with Gasteiger partial charge in [0.15, 0.2) is 0 Å². The molecule has 1 aromatic carbocycles. The molecule has 1 aromatic heterocycles. The summed E-state index contributed by atoms with van der Waals surface area (Å²) >= 11 is 0. The van der Waals surface area contributed by atoms with Gasteiger partial charge in [0.05, 0.1) is 12.2 Å². The van der Waals surface area contributed by atoms with Crippen LogP contribution in [0.2, 0.25) is 0 Å². The molecule has 0 fully saturated rings. The van der Waals surface area contributed by atoms with Crippen molar-refractivity contribution in [2.24, 2.45) is 5.92 Å². The number of aromatic nitrogens is 2. The summed E-state index contributed by atoms with van der Waals surface area (Å²) in [6.07, 6.45) is 1.52. The zero-order chi connectivity index (χ0) is 18.2. The Labute approximate surface area is 146 Å². The summed E-state index contributed by atoms with van der Waals surface area (Å²) in [7, 11) is 0. The molecular weight excluding hydrogens is 320 g/mol. The van der Waals surface area contributed by atoms with Crippen LogP contribution in [0.15, 0.2) is 36.5 Å². The van der Waals surface area contributed by atoms with Crippen molar-refractivity contribution >= 4 is 23.5 Å². The van der Waals surface area contributed by atoms with Crippen LogP contribution >= 0.6 is 0 Å². The first kappa shape index (κ1) is 18.4. The van der Waals surface area contributed by atoms with E-state index >= 15 is 0 Å². The van der Waals surface area contributed by atoms with E-state index in [0.29, 0.717) is 42.0 Å². The molecule has 7 heteroatoms. The van der Waals surface area contributed by atoms with Gasteiger partial charge < -0.3 is 15.4 Å². The second-order valence-corrected chi connectivity index (χ2v) is 5.79. The van der Waals surface area contributed by atoms with Gasteiger partial charge in [0, 0.05) is 18.4 Å². The lowest BCUT2D eigenvalue weighted by Crippen LogP contribution is -2.28. The Hall–Kier alpha value is -2.96. The lowest BCUT2D eigenvalue weighted by molar-refractivity contribution is 0.0526. The summed E-state index contributed by atoms with van der Waals surface area (Å²) in [6, 6.07) is 8.31. The Bertz CT molecular complexity index is 729. The molecule has 0 aliphatic heterocycles. The van der Waals surface area contributed by atoms with Crippen molar-refractivity contribution in [2.75, 3.05) is 18.5 Å². The van der Waals surface area contributed by atoms with Gasteiger partial charge in [-0.25, -0.2) is 14.8 Å². The van der Waals surface area contributed by atoms with Crippen LogP contribution in [0.3, 0.4) is 0 Å². The predicted octanol–water partition coefficient (Wildman–Crippen LogP) is 2.78. The molecule has 0 unspecified atom stereocenters. The van der Waals surface area contributed by atoms with E-state index in [1.54, 1.807) is 37.3 Å². The van der Waals surface area contributed by atoms with Gasteiger partial charge in [-0.2, -0.15) is 0 Å². The number of benzene rings is 1. The highest BCUT2D eigenvalue weighted by Gasteiger charge is 2.10. The minimum absolute atomic E-state index is 0.239. The quantitative estimate of drug-likeness (QED) is 0.752. The van der Waals surface area contributed by atoms with E-state index in [2.05, 4.69) is 20.6 Å². The number of amides is 1. The van der Waals surface area contributed by atoms with Gasteiger partial charge in [0.1, 0.15) is 5.69 Å². The SMILES string of the molecule is CCOC(=O)c1ccc(Nc2nccc(C(=O)NCC(C)C)n2)cc1. The highest BCUT2D eigenvalue weighted by Crippen LogP contribution is 2.14. The zero-order valence-electron chi connectivity index (χ0n) is 14.6. The van der Waals surface area contributed by atoms with Crippen molar-refractivity contribution in [1.82, 2.24) is 15.3 Å². The Morgan fingerprint density at radius 3 is 2.52 bits per heavy atom. The third-order valence-electron chi connectivity index (χ3n) is 3.21. The largest absolute Gasteiger partial charge is 0.462 e. The molecule has 132 valence electrons. The van der Waals surface area contributed by atoms with E-state index < -0.39 is 0 Å². The van der Waals surface area contributed by atoms with Crippen molar-refractivity contribution in [1.29, 1.82) is 0 Å². The molecule has 1 amide bonds. The number of nitrogens with one attached hydrogen (secondary N) is 2. The van der Waals surface area contributed by atoms with Gasteiger partial charge in [-0.05, 0) is 43.2 Å². The van der Waals surface area contributed by atoms with E-state index in [1.165, 1.54) is 6.20 Å². The van der Waals surface area contributed by atoms with Gasteiger partial charge in [-0.15, -0.1) is 0 Å². The first-order chi connectivity index (χ1) is 12.0. The fraction of sp³-hybridized carbons (Fsp3) is 0.333. The van der Waals surface area contributed by atoms with Crippen molar-refractivity contribution in [3.63, 3.8) is 0 Å². The molecule has 0 saturated carbocycles. The highest BCUT2D eigenvalue weighted by molar-refractivity contribution is 5.92. The Kier molecular flexibility index (Phi) is 6.45. The number of carbonyl (C=O) groups is 2. The third kappa shape index (κ3) is 5.56. The number of ether oxygens (including phenoxy) is 1. The molecule has 25 heavy (non-hydrogen) atoms. The molecule has 0 aliphatic carbocycles. The molecule has 7 nitrogen and oxygen atoms in total. The van der Waals surface area contributed by atoms with Crippen molar-refractivity contribution < 1.29 is 14.3 Å². The van der Waals surface area contributed by atoms with E-state index in [9.17, 15) is 9.59 Å². The Morgan fingerprint density at radius 1 is 1.16 bits per heavy atom. The number of rotatable bonds is 7. The average Bonchev–Trinajstić information content (AvgIpc) is 2.60. The lowest BCUT2D eigenvalue weighted by Gasteiger charge is -2.09. The van der Waals surface area contributed by atoms with E-state index in [0.717, 1.165) is 0 Å². The summed E-state index contributed by atoms with van der Waals surface area (Å²) in [5, 5.41) is 5.82. The maximum absolute atomic E-state index is 12.1. The van der Waals surface area contributed by atoms with Crippen LogP contribution in [0.1, 0.15) is 41.6 Å². The zero-order valence-corrected chi connectivity index (χ0v) is 14.6. The smallest absolute Gasteiger partial charge is 0.338 e. The Morgan fingerprint density at radius 2 is 1.88 bits per heavy atom. The van der Waals surface area contributed by atoms with Crippen molar-refractivity contribution in [3.05, 3.63) is 47.8 Å². The predicted molar refractivity (Wildman–Crippen MR) is 94.9 cm³/mol. The highest BCUT2D eigenvalue weighted by atomic mass is 16.5. The average molecular weight is 342 g/mol. The Balaban J connectivity index is 2.04. The molecule has 0 spiro atoms. The molecule has 0 saturated heterocycles. The molecule has 2 N–H and O–H groups in total. The number of hydrogen-bond donors (Lipinski definition) is 2. The number of anilines is 2. The molecule has 2 rings (SSSR count). The molecule has 0 bridgehead atoms. The van der Waals surface area contributed by atoms with E-state index in [1.807, 2.05) is 13.8 Å². The first-order valence-electron chi connectivity index (χ1n) is 8.15. The molecule has 0 radical (unpaired) electrons. The second-order valence-electron chi connectivity index (χ2n) is 5.79. The maximum atomic E-state index is 12.1. The monoisotopic (exact) mass is 342 g/mol. The normalized spacial score (nSPS) is 10.4. The number of carbonyl (C=O) groups excluding carboxylic acids is 2. The summed E-state index contributed by atoms with van der Waals surface area (Å²) in [5.41, 5.74) is 1.46. The van der Waals surface area contributed by atoms with Crippen molar-refractivity contribution in [3.8, 4) is 0 Å². The molecular formula is C18H22N4O3. The maximum Gasteiger partial charge on any atom is 0.338 e. The summed E-state index contributed by atoms with van der Waals surface area (Å²) < 4.78 is 4.94. The van der Waals surface area contributed by atoms with Crippen LogP contribution in [0, 0.1) is 5.92 Å². The van der Waals surface area contributed by atoms with Crippen LogP contribution in [0.5, 0.6) is 0 Å². The molecule has 1 heterocycles. The fourth-order valence-electron chi connectivity index (χ4n) is 1.97. The van der Waals surface area contributed by atoms with Gasteiger partial charge in [-0.3, -0.25) is 4.79 Å². The standard InChI is InChI=1S/C18H22N4O3/c1-4-25-17(24)13-5-7-14(8-6-13)21-18-19-10-9-15(22-18)16(23)20-11-12(2)3/h5-10,12H,4,11H2,1-3H3,(H,20,23)(H,19,21,22). The van der Waals surface area contributed by atoms with Gasteiger partial charge >= 0.3 is 5.97 Å². The third-order valence-corrected chi connectivity index (χ3v) is 3.21. The van der Waals surface area contributed by atoms with Crippen LogP contribution in [-0.4, -0.2) is 35.0 Å². The number of esters is 1. The van der Waals surface area contributed by atoms with Crippen molar-refractivity contribution in [2.45, 2.75) is 20.8 Å². The summed E-state index contributed by atoms with van der Waals surface area (Å²) in [5.74, 6) is 0.0632. The van der Waals surface area contributed by atoms with E-state index in [4.69, 9.17) is 4.74 Å². The minimum Gasteiger partial charge on any atom is -0.462 e. The minimum atomic E-state index is -0.367. The van der Waals surface area contributed by atoms with Crippen LogP contribution in [-0.2, 0) is 4.74 Å². The summed E-state index contributed by atoms with van der Waals surface area (Å²) in [4.78, 5) is 32.0. The topological polar surface area (TPSA) is 93.2 Å². The molecule has 0 atom stereocenters. The number of hydrogen-bond acceptors (Lipinski definition) is 6. The molecule has 0 aliphatic rings. The van der Waals surface area contributed by atoms with E-state index in [-0.39, 0.29) is 11.9 Å². The van der Waals surface area contributed by atoms with Gasteiger partial charge in [0.25, 0.3) is 5.91 Å². The lowest BCUT2D eigenvalue weighted by atomic mass is 10.2. The fourth-order valence-corrected chi connectivity index (χ4v) is 1.97. The van der Waals surface area contributed by atoms with Crippen LogP contribution in [0.25, 0.3) is 0 Å². The summed E-state index contributed by atoms with van der Waals surface area (Å²) in [6.45, 7) is 6.72. The second kappa shape index (κ2) is 8.77.